The molecule has 1 amide bonds. The number of amides is 1. The van der Waals surface area contributed by atoms with Crippen LogP contribution in [-0.2, 0) is 16.3 Å². The standard InChI is InChI=1S/C26H30N4O3S/c1-2-20-8-10-21(11-9-20)25-24(18-30(27-25)22-6-4-3-5-7-22)26(31)29-15-13-28(14-16-29)23-12-17-34(32,33)19-23/h3-11,18,23H,2,12-17,19H2,1H3/t23-/m1/s1. The molecule has 2 saturated heterocycles. The molecule has 1 aromatic heterocycles. The minimum absolute atomic E-state index is 0.0320. The average molecular weight is 479 g/mol. The molecule has 2 fully saturated rings. The van der Waals surface area contributed by atoms with Crippen LogP contribution in [0.1, 0.15) is 29.3 Å². The van der Waals surface area contributed by atoms with Crippen LogP contribution in [-0.4, -0.2) is 77.6 Å². The summed E-state index contributed by atoms with van der Waals surface area (Å²) in [5.74, 6) is 0.480. The van der Waals surface area contributed by atoms with Crippen molar-refractivity contribution in [2.75, 3.05) is 37.7 Å². The van der Waals surface area contributed by atoms with E-state index in [1.807, 2.05) is 53.6 Å². The van der Waals surface area contributed by atoms with Crippen LogP contribution in [0.2, 0.25) is 0 Å². The van der Waals surface area contributed by atoms with E-state index < -0.39 is 9.84 Å². The Hall–Kier alpha value is -2.97. The lowest BCUT2D eigenvalue weighted by molar-refractivity contribution is 0.0588. The van der Waals surface area contributed by atoms with Gasteiger partial charge in [0.1, 0.15) is 5.69 Å². The van der Waals surface area contributed by atoms with Gasteiger partial charge in [-0.2, -0.15) is 5.10 Å². The first kappa shape index (κ1) is 22.8. The highest BCUT2D eigenvalue weighted by Gasteiger charge is 2.35. The molecule has 2 aliphatic heterocycles. The van der Waals surface area contributed by atoms with E-state index in [9.17, 15) is 13.2 Å². The number of para-hydroxylation sites is 1. The maximum absolute atomic E-state index is 13.7. The molecule has 0 unspecified atom stereocenters. The molecule has 0 radical (unpaired) electrons. The molecule has 34 heavy (non-hydrogen) atoms. The molecule has 0 N–H and O–H groups in total. The summed E-state index contributed by atoms with van der Waals surface area (Å²) in [6.07, 6.45) is 3.48. The SMILES string of the molecule is CCc1ccc(-c2nn(-c3ccccc3)cc2C(=O)N2CCN([C@@H]3CCS(=O)(=O)C3)CC2)cc1. The third-order valence-electron chi connectivity index (χ3n) is 6.93. The van der Waals surface area contributed by atoms with Crippen molar-refractivity contribution in [1.82, 2.24) is 19.6 Å². The van der Waals surface area contributed by atoms with Crippen LogP contribution in [0.3, 0.4) is 0 Å². The number of hydrogen-bond donors (Lipinski definition) is 0. The van der Waals surface area contributed by atoms with Crippen molar-refractivity contribution in [3.05, 3.63) is 71.9 Å². The van der Waals surface area contributed by atoms with Gasteiger partial charge in [0.05, 0.1) is 22.8 Å². The quantitative estimate of drug-likeness (QED) is 0.564. The summed E-state index contributed by atoms with van der Waals surface area (Å²) in [5, 5.41) is 4.81. The molecule has 2 aromatic carbocycles. The fourth-order valence-electron chi connectivity index (χ4n) is 4.88. The summed E-state index contributed by atoms with van der Waals surface area (Å²) in [4.78, 5) is 17.8. The number of rotatable bonds is 5. The molecule has 5 rings (SSSR count). The van der Waals surface area contributed by atoms with E-state index in [1.165, 1.54) is 5.56 Å². The molecule has 0 aliphatic carbocycles. The number of carbonyl (C=O) groups is 1. The second kappa shape index (κ2) is 9.35. The summed E-state index contributed by atoms with van der Waals surface area (Å²) in [6, 6.07) is 18.1. The average Bonchev–Trinajstić information content (AvgIpc) is 3.48. The largest absolute Gasteiger partial charge is 0.336 e. The van der Waals surface area contributed by atoms with Crippen LogP contribution in [0.25, 0.3) is 16.9 Å². The van der Waals surface area contributed by atoms with Crippen LogP contribution < -0.4 is 0 Å². The van der Waals surface area contributed by atoms with Gasteiger partial charge in [-0.1, -0.05) is 49.4 Å². The summed E-state index contributed by atoms with van der Waals surface area (Å²) in [5.41, 5.74) is 4.33. The topological polar surface area (TPSA) is 75.5 Å². The van der Waals surface area contributed by atoms with Crippen LogP contribution >= 0.6 is 0 Å². The van der Waals surface area contributed by atoms with Gasteiger partial charge in [0.15, 0.2) is 9.84 Å². The molecule has 0 saturated carbocycles. The third-order valence-corrected chi connectivity index (χ3v) is 8.68. The normalized spacial score (nSPS) is 20.5. The molecule has 7 nitrogen and oxygen atoms in total. The molecule has 8 heteroatoms. The fraction of sp³-hybridized carbons (Fsp3) is 0.385. The minimum atomic E-state index is -2.92. The van der Waals surface area contributed by atoms with E-state index in [0.29, 0.717) is 43.9 Å². The fourth-order valence-corrected chi connectivity index (χ4v) is 6.64. The van der Waals surface area contributed by atoms with Crippen molar-refractivity contribution in [3.63, 3.8) is 0 Å². The highest BCUT2D eigenvalue weighted by Crippen LogP contribution is 2.27. The Balaban J connectivity index is 1.39. The smallest absolute Gasteiger partial charge is 0.257 e. The zero-order chi connectivity index (χ0) is 23.7. The molecular formula is C26H30N4O3S. The van der Waals surface area contributed by atoms with Gasteiger partial charge < -0.3 is 4.90 Å². The Kier molecular flexibility index (Phi) is 6.27. The molecule has 3 heterocycles. The molecule has 3 aromatic rings. The van der Waals surface area contributed by atoms with Crippen LogP contribution in [0, 0.1) is 0 Å². The Labute approximate surface area is 200 Å². The number of hydrogen-bond acceptors (Lipinski definition) is 5. The Morgan fingerprint density at radius 2 is 1.71 bits per heavy atom. The number of nitrogens with zero attached hydrogens (tertiary/aromatic N) is 4. The van der Waals surface area contributed by atoms with Gasteiger partial charge in [-0.05, 0) is 30.5 Å². The van der Waals surface area contributed by atoms with Gasteiger partial charge in [-0.15, -0.1) is 0 Å². The van der Waals surface area contributed by atoms with Crippen molar-refractivity contribution in [2.24, 2.45) is 0 Å². The van der Waals surface area contributed by atoms with Gasteiger partial charge in [0.25, 0.3) is 5.91 Å². The van der Waals surface area contributed by atoms with Crippen LogP contribution in [0.4, 0.5) is 0 Å². The first-order valence-corrected chi connectivity index (χ1v) is 13.7. The zero-order valence-corrected chi connectivity index (χ0v) is 20.2. The van der Waals surface area contributed by atoms with Gasteiger partial charge in [0.2, 0.25) is 0 Å². The first-order valence-electron chi connectivity index (χ1n) is 11.9. The van der Waals surface area contributed by atoms with E-state index in [2.05, 4.69) is 24.0 Å². The van der Waals surface area contributed by atoms with Crippen molar-refractivity contribution < 1.29 is 13.2 Å². The molecule has 0 bridgehead atoms. The summed E-state index contributed by atoms with van der Waals surface area (Å²) in [7, 11) is -2.92. The highest BCUT2D eigenvalue weighted by molar-refractivity contribution is 7.91. The summed E-state index contributed by atoms with van der Waals surface area (Å²) in [6.45, 7) is 4.67. The maximum atomic E-state index is 13.7. The summed E-state index contributed by atoms with van der Waals surface area (Å²) < 4.78 is 25.5. The van der Waals surface area contributed by atoms with Gasteiger partial charge in [-0.25, -0.2) is 13.1 Å². The van der Waals surface area contributed by atoms with Crippen molar-refractivity contribution in [3.8, 4) is 16.9 Å². The summed E-state index contributed by atoms with van der Waals surface area (Å²) >= 11 is 0. The van der Waals surface area contributed by atoms with Crippen molar-refractivity contribution >= 4 is 15.7 Å². The van der Waals surface area contributed by atoms with Crippen molar-refractivity contribution in [1.29, 1.82) is 0 Å². The molecule has 1 atom stereocenters. The maximum Gasteiger partial charge on any atom is 0.257 e. The number of carbonyl (C=O) groups excluding carboxylic acids is 1. The number of piperazine rings is 1. The Morgan fingerprint density at radius 1 is 1.00 bits per heavy atom. The van der Waals surface area contributed by atoms with Crippen molar-refractivity contribution in [2.45, 2.75) is 25.8 Å². The molecule has 2 aliphatic rings. The number of aromatic nitrogens is 2. The van der Waals surface area contributed by atoms with Gasteiger partial charge >= 0.3 is 0 Å². The van der Waals surface area contributed by atoms with E-state index in [0.717, 1.165) is 17.7 Å². The monoisotopic (exact) mass is 478 g/mol. The first-order chi connectivity index (χ1) is 16.4. The van der Waals surface area contributed by atoms with E-state index in [1.54, 1.807) is 4.68 Å². The van der Waals surface area contributed by atoms with Gasteiger partial charge in [-0.3, -0.25) is 9.69 Å². The van der Waals surface area contributed by atoms with Gasteiger partial charge in [0, 0.05) is 44.0 Å². The minimum Gasteiger partial charge on any atom is -0.336 e. The van der Waals surface area contributed by atoms with Crippen LogP contribution in [0.15, 0.2) is 60.8 Å². The molecule has 0 spiro atoms. The predicted molar refractivity (Wildman–Crippen MR) is 133 cm³/mol. The Bertz CT molecular complexity index is 1260. The number of benzene rings is 2. The highest BCUT2D eigenvalue weighted by atomic mass is 32.2. The third kappa shape index (κ3) is 4.65. The lowest BCUT2D eigenvalue weighted by atomic mass is 10.0. The second-order valence-corrected chi connectivity index (χ2v) is 11.3. The number of aryl methyl sites for hydroxylation is 1. The molecular weight excluding hydrogens is 448 g/mol. The lowest BCUT2D eigenvalue weighted by Crippen LogP contribution is -2.52. The second-order valence-electron chi connectivity index (χ2n) is 9.11. The molecule has 178 valence electrons. The number of sulfone groups is 1. The lowest BCUT2D eigenvalue weighted by Gasteiger charge is -2.37. The van der Waals surface area contributed by atoms with E-state index >= 15 is 0 Å². The Morgan fingerprint density at radius 3 is 2.32 bits per heavy atom. The van der Waals surface area contributed by atoms with E-state index in [-0.39, 0.29) is 23.5 Å². The predicted octanol–water partition coefficient (Wildman–Crippen LogP) is 3.05. The van der Waals surface area contributed by atoms with Crippen LogP contribution in [0.5, 0.6) is 0 Å². The zero-order valence-electron chi connectivity index (χ0n) is 19.4. The van der Waals surface area contributed by atoms with E-state index in [4.69, 9.17) is 5.10 Å².